The molecular weight excluding hydrogens is 334 g/mol. The molecule has 2 aromatic rings. The number of aromatic nitrogens is 3. The second-order valence-corrected chi connectivity index (χ2v) is 6.09. The molecule has 0 amide bonds. The Morgan fingerprint density at radius 3 is 2.52 bits per heavy atom. The summed E-state index contributed by atoms with van der Waals surface area (Å²) in [5, 5.41) is 4.43. The quantitative estimate of drug-likeness (QED) is 0.846. The van der Waals surface area contributed by atoms with Crippen molar-refractivity contribution < 1.29 is 9.53 Å². The number of methoxy groups -OCH3 is 1. The minimum atomic E-state index is -0.462. The van der Waals surface area contributed by atoms with E-state index >= 15 is 0 Å². The van der Waals surface area contributed by atoms with E-state index in [4.69, 9.17) is 4.74 Å². The van der Waals surface area contributed by atoms with Gasteiger partial charge in [-0.05, 0) is 41.8 Å². The Labute approximate surface area is 132 Å². The summed E-state index contributed by atoms with van der Waals surface area (Å²) in [5.74, 6) is 1.33. The molecule has 2 aromatic heterocycles. The van der Waals surface area contributed by atoms with Crippen LogP contribution >= 0.6 is 15.9 Å². The predicted octanol–water partition coefficient (Wildman–Crippen LogP) is 3.54. The highest BCUT2D eigenvalue weighted by molar-refractivity contribution is 9.10. The summed E-state index contributed by atoms with van der Waals surface area (Å²) in [5.41, 5.74) is 0.216. The van der Waals surface area contributed by atoms with Gasteiger partial charge in [-0.25, -0.2) is 4.98 Å². The van der Waals surface area contributed by atoms with Gasteiger partial charge in [0.25, 0.3) is 0 Å². The first-order chi connectivity index (χ1) is 10.00. The zero-order valence-corrected chi connectivity index (χ0v) is 14.4. The van der Waals surface area contributed by atoms with Crippen molar-refractivity contribution in [3.8, 4) is 5.88 Å². The fraction of sp³-hybridized carbons (Fsp3) is 0.533. The van der Waals surface area contributed by atoms with Crippen LogP contribution in [0.4, 0.5) is 0 Å². The van der Waals surface area contributed by atoms with Gasteiger partial charge in [0.2, 0.25) is 5.88 Å². The molecule has 2 heterocycles. The summed E-state index contributed by atoms with van der Waals surface area (Å²) in [6.07, 6.45) is 2.91. The lowest BCUT2D eigenvalue weighted by molar-refractivity contribution is -0.119. The average Bonchev–Trinajstić information content (AvgIpc) is 3.14. The number of Topliss-reactive ketones (excluding diaryl/α,β-unsaturated/α-hetero) is 1. The first-order valence-electron chi connectivity index (χ1n) is 7.11. The molecule has 0 aromatic carbocycles. The Morgan fingerprint density at radius 1 is 1.43 bits per heavy atom. The van der Waals surface area contributed by atoms with E-state index in [1.807, 2.05) is 12.1 Å². The molecule has 5 nitrogen and oxygen atoms in total. The minimum absolute atomic E-state index is 0.133. The number of halogens is 1. The fourth-order valence-corrected chi connectivity index (χ4v) is 2.51. The van der Waals surface area contributed by atoms with Crippen molar-refractivity contribution in [2.24, 2.45) is 0 Å². The largest absolute Gasteiger partial charge is 0.481 e. The summed E-state index contributed by atoms with van der Waals surface area (Å²) in [7, 11) is 1.59. The third kappa shape index (κ3) is 2.81. The van der Waals surface area contributed by atoms with E-state index in [0.717, 1.165) is 17.3 Å². The standard InChI is InChI=1S/C12H12BrN3O2.C3H8/c1-7(17)12(5-6-12)11-14-10-8(13)3-4-9(18-2)16(10)15-11;1-3-2/h3-4H,5-6H2,1-2H3;3H2,1-2H3. The minimum Gasteiger partial charge on any atom is -0.481 e. The number of ether oxygens (including phenoxy) is 1. The molecule has 1 aliphatic rings. The van der Waals surface area contributed by atoms with E-state index in [1.54, 1.807) is 18.5 Å². The highest BCUT2D eigenvalue weighted by Gasteiger charge is 2.52. The van der Waals surface area contributed by atoms with E-state index in [2.05, 4.69) is 39.9 Å². The Hall–Kier alpha value is -1.43. The van der Waals surface area contributed by atoms with Crippen LogP contribution in [0.25, 0.3) is 5.65 Å². The van der Waals surface area contributed by atoms with Crippen LogP contribution in [0.1, 0.15) is 45.9 Å². The van der Waals surface area contributed by atoms with Crippen molar-refractivity contribution in [1.29, 1.82) is 0 Å². The molecule has 1 aliphatic carbocycles. The lowest BCUT2D eigenvalue weighted by atomic mass is 10.0. The second kappa shape index (κ2) is 6.13. The van der Waals surface area contributed by atoms with Gasteiger partial charge in [-0.1, -0.05) is 20.3 Å². The Morgan fingerprint density at radius 2 is 2.05 bits per heavy atom. The van der Waals surface area contributed by atoms with Crippen LogP contribution in [0.15, 0.2) is 16.6 Å². The van der Waals surface area contributed by atoms with Gasteiger partial charge in [0.05, 0.1) is 17.0 Å². The molecule has 6 heteroatoms. The highest BCUT2D eigenvalue weighted by atomic mass is 79.9. The molecule has 1 saturated carbocycles. The maximum Gasteiger partial charge on any atom is 0.216 e. The highest BCUT2D eigenvalue weighted by Crippen LogP contribution is 2.47. The van der Waals surface area contributed by atoms with E-state index in [0.29, 0.717) is 17.4 Å². The topological polar surface area (TPSA) is 56.5 Å². The van der Waals surface area contributed by atoms with Crippen LogP contribution in [0.3, 0.4) is 0 Å². The van der Waals surface area contributed by atoms with Crippen LogP contribution in [0.2, 0.25) is 0 Å². The molecule has 0 unspecified atom stereocenters. The number of hydrogen-bond acceptors (Lipinski definition) is 4. The molecular formula is C15H20BrN3O2. The lowest BCUT2D eigenvalue weighted by Gasteiger charge is -2.04. The van der Waals surface area contributed by atoms with Gasteiger partial charge in [-0.2, -0.15) is 4.52 Å². The van der Waals surface area contributed by atoms with Gasteiger partial charge in [0.15, 0.2) is 11.5 Å². The predicted molar refractivity (Wildman–Crippen MR) is 84.8 cm³/mol. The monoisotopic (exact) mass is 353 g/mol. The number of fused-ring (bicyclic) bond motifs is 1. The van der Waals surface area contributed by atoms with Crippen LogP contribution in [-0.2, 0) is 10.2 Å². The Kier molecular flexibility index (Phi) is 4.66. The van der Waals surface area contributed by atoms with E-state index in [-0.39, 0.29) is 5.78 Å². The normalized spacial score (nSPS) is 15.3. The molecule has 3 rings (SSSR count). The summed E-state index contributed by atoms with van der Waals surface area (Å²) in [4.78, 5) is 16.2. The summed E-state index contributed by atoms with van der Waals surface area (Å²) in [6, 6.07) is 3.67. The van der Waals surface area contributed by atoms with Gasteiger partial charge in [-0.3, -0.25) is 4.79 Å². The first-order valence-corrected chi connectivity index (χ1v) is 7.90. The maximum atomic E-state index is 11.7. The number of ketones is 1. The second-order valence-electron chi connectivity index (χ2n) is 5.24. The first kappa shape index (κ1) is 15.9. The van der Waals surface area contributed by atoms with Crippen molar-refractivity contribution in [1.82, 2.24) is 14.6 Å². The summed E-state index contributed by atoms with van der Waals surface area (Å²) < 4.78 is 7.71. The Balaban J connectivity index is 0.000000497. The smallest absolute Gasteiger partial charge is 0.216 e. The van der Waals surface area contributed by atoms with Crippen molar-refractivity contribution in [3.05, 3.63) is 22.4 Å². The third-order valence-electron chi connectivity index (χ3n) is 3.46. The Bertz CT molecular complexity index is 662. The fourth-order valence-electron chi connectivity index (χ4n) is 2.13. The number of rotatable bonds is 3. The van der Waals surface area contributed by atoms with Crippen molar-refractivity contribution in [2.75, 3.05) is 7.11 Å². The molecule has 1 fully saturated rings. The average molecular weight is 354 g/mol. The van der Waals surface area contributed by atoms with E-state index < -0.39 is 5.41 Å². The van der Waals surface area contributed by atoms with E-state index in [9.17, 15) is 4.79 Å². The molecule has 0 atom stereocenters. The number of carbonyl (C=O) groups excluding carboxylic acids is 1. The van der Waals surface area contributed by atoms with Crippen LogP contribution in [0, 0.1) is 0 Å². The summed E-state index contributed by atoms with van der Waals surface area (Å²) >= 11 is 3.43. The van der Waals surface area contributed by atoms with Gasteiger partial charge in [0.1, 0.15) is 5.78 Å². The van der Waals surface area contributed by atoms with Crippen LogP contribution in [-0.4, -0.2) is 27.5 Å². The molecule has 0 aliphatic heterocycles. The van der Waals surface area contributed by atoms with E-state index in [1.165, 1.54) is 6.42 Å². The SMILES string of the molecule is CCC.COc1ccc(Br)c2nc(C3(C(C)=O)CC3)nn12. The molecule has 114 valence electrons. The number of nitrogens with zero attached hydrogens (tertiary/aromatic N) is 3. The summed E-state index contributed by atoms with van der Waals surface area (Å²) in [6.45, 7) is 5.85. The number of hydrogen-bond donors (Lipinski definition) is 0. The van der Waals surface area contributed by atoms with Gasteiger partial charge in [-0.15, -0.1) is 5.10 Å². The molecule has 0 N–H and O–H groups in total. The van der Waals surface area contributed by atoms with Crippen molar-refractivity contribution in [3.63, 3.8) is 0 Å². The molecule has 0 bridgehead atoms. The lowest BCUT2D eigenvalue weighted by Crippen LogP contribution is -2.18. The molecule has 0 radical (unpaired) electrons. The number of pyridine rings is 1. The van der Waals surface area contributed by atoms with Crippen molar-refractivity contribution in [2.45, 2.75) is 45.4 Å². The van der Waals surface area contributed by atoms with Gasteiger partial charge in [0, 0.05) is 6.07 Å². The molecule has 0 saturated heterocycles. The molecule has 0 spiro atoms. The van der Waals surface area contributed by atoms with Crippen LogP contribution in [0.5, 0.6) is 5.88 Å². The zero-order chi connectivity index (χ0) is 15.6. The van der Waals surface area contributed by atoms with Gasteiger partial charge >= 0.3 is 0 Å². The van der Waals surface area contributed by atoms with Crippen molar-refractivity contribution >= 4 is 27.4 Å². The maximum absolute atomic E-state index is 11.7. The van der Waals surface area contributed by atoms with Gasteiger partial charge < -0.3 is 4.74 Å². The van der Waals surface area contributed by atoms with Crippen LogP contribution < -0.4 is 4.74 Å². The number of carbonyl (C=O) groups is 1. The molecule has 21 heavy (non-hydrogen) atoms. The third-order valence-corrected chi connectivity index (χ3v) is 4.08. The zero-order valence-electron chi connectivity index (χ0n) is 12.8.